The van der Waals surface area contributed by atoms with Crippen molar-refractivity contribution in [2.24, 2.45) is 0 Å². The molecule has 70 valence electrons. The van der Waals surface area contributed by atoms with Gasteiger partial charge in [0.05, 0.1) is 0 Å². The van der Waals surface area contributed by atoms with Crippen LogP contribution in [0.3, 0.4) is 0 Å². The van der Waals surface area contributed by atoms with E-state index in [4.69, 9.17) is 0 Å². The molecular formula is C11H14O2. The summed E-state index contributed by atoms with van der Waals surface area (Å²) in [4.78, 5) is 11.3. The van der Waals surface area contributed by atoms with Crippen molar-refractivity contribution >= 4 is 5.78 Å². The van der Waals surface area contributed by atoms with E-state index in [1.54, 1.807) is 18.2 Å². The fourth-order valence-electron chi connectivity index (χ4n) is 1.24. The lowest BCUT2D eigenvalue weighted by Gasteiger charge is -2.01. The van der Waals surface area contributed by atoms with Gasteiger partial charge in [0.1, 0.15) is 11.5 Å². The molecule has 0 bridgehead atoms. The van der Waals surface area contributed by atoms with Gasteiger partial charge < -0.3 is 5.11 Å². The second-order valence-corrected chi connectivity index (χ2v) is 3.09. The average Bonchev–Trinajstić information content (AvgIpc) is 2.09. The third-order valence-corrected chi connectivity index (χ3v) is 1.91. The Bertz CT molecular complexity index is 292. The molecule has 0 saturated heterocycles. The first kappa shape index (κ1) is 9.78. The maximum absolute atomic E-state index is 11.3. The summed E-state index contributed by atoms with van der Waals surface area (Å²) >= 11 is 0. The molecule has 0 aromatic heterocycles. The first-order valence-corrected chi connectivity index (χ1v) is 4.52. The Morgan fingerprint density at radius 2 is 2.08 bits per heavy atom. The number of benzene rings is 1. The molecule has 1 aromatic carbocycles. The lowest BCUT2D eigenvalue weighted by Crippen LogP contribution is -2.01. The highest BCUT2D eigenvalue weighted by molar-refractivity contribution is 5.81. The Labute approximate surface area is 78.2 Å². The normalized spacial score (nSPS) is 9.92. The fourth-order valence-corrected chi connectivity index (χ4v) is 1.24. The van der Waals surface area contributed by atoms with Crippen LogP contribution in [0.5, 0.6) is 5.75 Å². The zero-order valence-corrected chi connectivity index (χ0v) is 7.79. The molecule has 0 amide bonds. The molecule has 1 rings (SSSR count). The highest BCUT2D eigenvalue weighted by atomic mass is 16.3. The molecule has 1 aromatic rings. The second kappa shape index (κ2) is 4.65. The number of rotatable bonds is 4. The van der Waals surface area contributed by atoms with Gasteiger partial charge in [0.2, 0.25) is 0 Å². The summed E-state index contributed by atoms with van der Waals surface area (Å²) in [5.41, 5.74) is 0.723. The smallest absolute Gasteiger partial charge is 0.137 e. The summed E-state index contributed by atoms with van der Waals surface area (Å²) in [5.74, 6) is 0.399. The van der Waals surface area contributed by atoms with E-state index in [-0.39, 0.29) is 11.5 Å². The van der Waals surface area contributed by atoms with Gasteiger partial charge >= 0.3 is 0 Å². The number of carbonyl (C=O) groups is 1. The number of hydrogen-bond donors (Lipinski definition) is 1. The third-order valence-electron chi connectivity index (χ3n) is 1.91. The molecule has 2 nitrogen and oxygen atoms in total. The lowest BCUT2D eigenvalue weighted by atomic mass is 10.1. The van der Waals surface area contributed by atoms with E-state index >= 15 is 0 Å². The van der Waals surface area contributed by atoms with E-state index in [1.165, 1.54) is 0 Å². The molecule has 2 heteroatoms. The summed E-state index contributed by atoms with van der Waals surface area (Å²) < 4.78 is 0. The van der Waals surface area contributed by atoms with E-state index < -0.39 is 0 Å². The van der Waals surface area contributed by atoms with E-state index in [1.807, 2.05) is 13.0 Å². The Kier molecular flexibility index (Phi) is 3.50. The van der Waals surface area contributed by atoms with Crippen molar-refractivity contribution in [1.82, 2.24) is 0 Å². The number of hydrogen-bond acceptors (Lipinski definition) is 2. The molecule has 0 aliphatic carbocycles. The molecule has 0 atom stereocenters. The summed E-state index contributed by atoms with van der Waals surface area (Å²) in [6.45, 7) is 1.97. The maximum Gasteiger partial charge on any atom is 0.137 e. The first-order chi connectivity index (χ1) is 6.24. The SMILES string of the molecule is CCCC(=O)Cc1ccccc1O. The molecule has 0 saturated carbocycles. The van der Waals surface area contributed by atoms with E-state index in [0.29, 0.717) is 12.8 Å². The third kappa shape index (κ3) is 2.90. The van der Waals surface area contributed by atoms with Crippen molar-refractivity contribution in [3.8, 4) is 5.75 Å². The van der Waals surface area contributed by atoms with Gasteiger partial charge in [0.25, 0.3) is 0 Å². The van der Waals surface area contributed by atoms with Gasteiger partial charge in [-0.05, 0) is 12.5 Å². The molecule has 0 fully saturated rings. The zero-order chi connectivity index (χ0) is 9.68. The Morgan fingerprint density at radius 1 is 1.38 bits per heavy atom. The second-order valence-electron chi connectivity index (χ2n) is 3.09. The van der Waals surface area contributed by atoms with Crippen LogP contribution in [0.2, 0.25) is 0 Å². The summed E-state index contributed by atoms with van der Waals surface area (Å²) in [7, 11) is 0. The quantitative estimate of drug-likeness (QED) is 0.768. The van der Waals surface area contributed by atoms with Crippen LogP contribution in [-0.2, 0) is 11.2 Å². The first-order valence-electron chi connectivity index (χ1n) is 4.52. The standard InChI is InChI=1S/C11H14O2/c1-2-5-10(12)8-9-6-3-4-7-11(9)13/h3-4,6-7,13H,2,5,8H2,1H3. The van der Waals surface area contributed by atoms with Crippen LogP contribution in [0.15, 0.2) is 24.3 Å². The number of phenolic OH excluding ortho intramolecular Hbond substituents is 1. The van der Waals surface area contributed by atoms with Crippen LogP contribution in [0.1, 0.15) is 25.3 Å². The van der Waals surface area contributed by atoms with E-state index in [9.17, 15) is 9.90 Å². The van der Waals surface area contributed by atoms with Crippen molar-refractivity contribution < 1.29 is 9.90 Å². The summed E-state index contributed by atoms with van der Waals surface area (Å²) in [6, 6.07) is 6.97. The number of ketones is 1. The lowest BCUT2D eigenvalue weighted by molar-refractivity contribution is -0.118. The van der Waals surface area contributed by atoms with Gasteiger partial charge in [-0.25, -0.2) is 0 Å². The maximum atomic E-state index is 11.3. The molecule has 0 heterocycles. The number of aromatic hydroxyl groups is 1. The van der Waals surface area contributed by atoms with Crippen LogP contribution in [0.25, 0.3) is 0 Å². The molecule has 0 spiro atoms. The van der Waals surface area contributed by atoms with Crippen molar-refractivity contribution in [2.75, 3.05) is 0 Å². The van der Waals surface area contributed by atoms with Crippen molar-refractivity contribution in [2.45, 2.75) is 26.2 Å². The molecule has 13 heavy (non-hydrogen) atoms. The minimum Gasteiger partial charge on any atom is -0.508 e. The van der Waals surface area contributed by atoms with Crippen LogP contribution in [0.4, 0.5) is 0 Å². The van der Waals surface area contributed by atoms with Crippen LogP contribution < -0.4 is 0 Å². The fraction of sp³-hybridized carbons (Fsp3) is 0.364. The molecule has 0 unspecified atom stereocenters. The average molecular weight is 178 g/mol. The van der Waals surface area contributed by atoms with E-state index in [2.05, 4.69) is 0 Å². The van der Waals surface area contributed by atoms with Gasteiger partial charge in [-0.15, -0.1) is 0 Å². The number of carbonyl (C=O) groups excluding carboxylic acids is 1. The number of Topliss-reactive ketones (excluding diaryl/α,β-unsaturated/α-hetero) is 1. The Morgan fingerprint density at radius 3 is 2.69 bits per heavy atom. The van der Waals surface area contributed by atoms with Crippen molar-refractivity contribution in [3.05, 3.63) is 29.8 Å². The number of para-hydroxylation sites is 1. The van der Waals surface area contributed by atoms with Crippen LogP contribution >= 0.6 is 0 Å². The Hall–Kier alpha value is -1.31. The summed E-state index contributed by atoms with van der Waals surface area (Å²) in [5, 5.41) is 9.38. The zero-order valence-electron chi connectivity index (χ0n) is 7.79. The van der Waals surface area contributed by atoms with Gasteiger partial charge in [-0.1, -0.05) is 25.1 Å². The van der Waals surface area contributed by atoms with Gasteiger partial charge in [0, 0.05) is 18.4 Å². The molecular weight excluding hydrogens is 164 g/mol. The molecule has 0 aliphatic rings. The molecule has 0 radical (unpaired) electrons. The highest BCUT2D eigenvalue weighted by Crippen LogP contribution is 2.16. The molecule has 0 aliphatic heterocycles. The van der Waals surface area contributed by atoms with Crippen molar-refractivity contribution in [3.63, 3.8) is 0 Å². The van der Waals surface area contributed by atoms with Crippen molar-refractivity contribution in [1.29, 1.82) is 0 Å². The molecule has 1 N–H and O–H groups in total. The van der Waals surface area contributed by atoms with Gasteiger partial charge in [-0.2, -0.15) is 0 Å². The Balaban J connectivity index is 2.63. The largest absolute Gasteiger partial charge is 0.508 e. The predicted molar refractivity (Wildman–Crippen MR) is 51.7 cm³/mol. The minimum absolute atomic E-state index is 0.184. The van der Waals surface area contributed by atoms with Crippen LogP contribution in [0, 0.1) is 0 Å². The van der Waals surface area contributed by atoms with Gasteiger partial charge in [0.15, 0.2) is 0 Å². The number of phenols is 1. The van der Waals surface area contributed by atoms with E-state index in [0.717, 1.165) is 12.0 Å². The van der Waals surface area contributed by atoms with Gasteiger partial charge in [-0.3, -0.25) is 4.79 Å². The minimum atomic E-state index is 0.184. The highest BCUT2D eigenvalue weighted by Gasteiger charge is 2.05. The topological polar surface area (TPSA) is 37.3 Å². The predicted octanol–water partition coefficient (Wildman–Crippen LogP) is 2.30. The monoisotopic (exact) mass is 178 g/mol. The summed E-state index contributed by atoms with van der Waals surface area (Å²) in [6.07, 6.45) is 1.81. The van der Waals surface area contributed by atoms with Crippen LogP contribution in [-0.4, -0.2) is 10.9 Å².